The second-order valence-electron chi connectivity index (χ2n) is 5.59. The van der Waals surface area contributed by atoms with Gasteiger partial charge in [0.15, 0.2) is 0 Å². The molecule has 1 aromatic rings. The van der Waals surface area contributed by atoms with Gasteiger partial charge in [-0.25, -0.2) is 0 Å². The predicted octanol–water partition coefficient (Wildman–Crippen LogP) is 2.36. The summed E-state index contributed by atoms with van der Waals surface area (Å²) >= 11 is 5.89. The highest BCUT2D eigenvalue weighted by Crippen LogP contribution is 2.19. The molecular weight excluding hydrogens is 288 g/mol. The van der Waals surface area contributed by atoms with Crippen LogP contribution >= 0.6 is 11.6 Å². The van der Waals surface area contributed by atoms with Crippen molar-refractivity contribution in [2.45, 2.75) is 38.3 Å². The fraction of sp³-hybridized carbons (Fsp3) is 0.562. The minimum absolute atomic E-state index is 0.0187. The summed E-state index contributed by atoms with van der Waals surface area (Å²) in [4.78, 5) is 14.3. The van der Waals surface area contributed by atoms with Gasteiger partial charge in [-0.1, -0.05) is 30.7 Å². The summed E-state index contributed by atoms with van der Waals surface area (Å²) in [5.41, 5.74) is 1.07. The Labute approximate surface area is 131 Å². The standard InChI is InChI=1S/C16H23ClN2O2/c1-2-15(12-3-5-13(17)6-4-12)18-16(21)11-19-9-7-14(20)8-10-19/h3-6,14-15,20H,2,7-11H2,1H3,(H,18,21). The summed E-state index contributed by atoms with van der Waals surface area (Å²) < 4.78 is 0. The van der Waals surface area contributed by atoms with Crippen LogP contribution in [0.3, 0.4) is 0 Å². The van der Waals surface area contributed by atoms with Gasteiger partial charge in [-0.15, -0.1) is 0 Å². The van der Waals surface area contributed by atoms with Crippen LogP contribution in [0.1, 0.15) is 37.8 Å². The van der Waals surface area contributed by atoms with E-state index in [-0.39, 0.29) is 18.1 Å². The van der Waals surface area contributed by atoms with Crippen LogP contribution in [0.5, 0.6) is 0 Å². The first-order chi connectivity index (χ1) is 10.1. The summed E-state index contributed by atoms with van der Waals surface area (Å²) in [6.45, 7) is 4.02. The lowest BCUT2D eigenvalue weighted by Gasteiger charge is -2.29. The molecule has 1 unspecified atom stereocenters. The first kappa shape index (κ1) is 16.3. The molecule has 21 heavy (non-hydrogen) atoms. The zero-order valence-corrected chi connectivity index (χ0v) is 13.1. The lowest BCUT2D eigenvalue weighted by atomic mass is 10.0. The molecule has 0 radical (unpaired) electrons. The molecule has 0 saturated carbocycles. The molecule has 1 aromatic carbocycles. The van der Waals surface area contributed by atoms with Gasteiger partial charge in [0.25, 0.3) is 0 Å². The average molecular weight is 311 g/mol. The van der Waals surface area contributed by atoms with Gasteiger partial charge in [-0.2, -0.15) is 0 Å². The molecule has 1 saturated heterocycles. The summed E-state index contributed by atoms with van der Waals surface area (Å²) in [6.07, 6.45) is 2.14. The molecule has 1 fully saturated rings. The number of aliphatic hydroxyl groups is 1. The van der Waals surface area contributed by atoms with Crippen molar-refractivity contribution < 1.29 is 9.90 Å². The van der Waals surface area contributed by atoms with E-state index in [4.69, 9.17) is 11.6 Å². The summed E-state index contributed by atoms with van der Waals surface area (Å²) in [5.74, 6) is 0.0354. The van der Waals surface area contributed by atoms with Crippen molar-refractivity contribution in [3.63, 3.8) is 0 Å². The van der Waals surface area contributed by atoms with Gasteiger partial charge in [0.2, 0.25) is 5.91 Å². The number of carbonyl (C=O) groups excluding carboxylic acids is 1. The number of rotatable bonds is 5. The summed E-state index contributed by atoms with van der Waals surface area (Å²) in [5, 5.41) is 13.3. The largest absolute Gasteiger partial charge is 0.393 e. The summed E-state index contributed by atoms with van der Waals surface area (Å²) in [6, 6.07) is 7.61. The molecule has 1 amide bonds. The molecule has 5 heteroatoms. The van der Waals surface area contributed by atoms with E-state index in [1.165, 1.54) is 0 Å². The van der Waals surface area contributed by atoms with E-state index < -0.39 is 0 Å². The van der Waals surface area contributed by atoms with E-state index in [1.807, 2.05) is 24.3 Å². The highest BCUT2D eigenvalue weighted by molar-refractivity contribution is 6.30. The Kier molecular flexibility index (Phi) is 6.03. The van der Waals surface area contributed by atoms with Crippen molar-refractivity contribution in [1.29, 1.82) is 0 Å². The number of nitrogens with one attached hydrogen (secondary N) is 1. The van der Waals surface area contributed by atoms with Gasteiger partial charge in [0.1, 0.15) is 0 Å². The van der Waals surface area contributed by atoms with E-state index >= 15 is 0 Å². The van der Waals surface area contributed by atoms with Gasteiger partial charge in [-0.3, -0.25) is 9.69 Å². The molecule has 0 aliphatic carbocycles. The number of halogens is 1. The lowest BCUT2D eigenvalue weighted by molar-refractivity contribution is -0.123. The van der Waals surface area contributed by atoms with E-state index in [9.17, 15) is 9.90 Å². The highest BCUT2D eigenvalue weighted by Gasteiger charge is 2.20. The Hall–Kier alpha value is -1.10. The zero-order valence-electron chi connectivity index (χ0n) is 12.4. The maximum Gasteiger partial charge on any atom is 0.234 e. The number of piperidine rings is 1. The number of likely N-dealkylation sites (tertiary alicyclic amines) is 1. The number of carbonyl (C=O) groups is 1. The molecule has 0 aromatic heterocycles. The molecule has 1 aliphatic rings. The molecule has 0 bridgehead atoms. The van der Waals surface area contributed by atoms with Crippen LogP contribution in [-0.4, -0.2) is 41.7 Å². The van der Waals surface area contributed by atoms with Crippen LogP contribution in [0.2, 0.25) is 5.02 Å². The first-order valence-electron chi connectivity index (χ1n) is 7.53. The van der Waals surface area contributed by atoms with E-state index in [0.717, 1.165) is 37.9 Å². The van der Waals surface area contributed by atoms with Crippen LogP contribution in [0.4, 0.5) is 0 Å². The Morgan fingerprint density at radius 3 is 2.57 bits per heavy atom. The smallest absolute Gasteiger partial charge is 0.234 e. The van der Waals surface area contributed by atoms with E-state index in [0.29, 0.717) is 11.6 Å². The van der Waals surface area contributed by atoms with Gasteiger partial charge < -0.3 is 10.4 Å². The van der Waals surface area contributed by atoms with Crippen LogP contribution in [0, 0.1) is 0 Å². The molecule has 0 spiro atoms. The van der Waals surface area contributed by atoms with Gasteiger partial charge in [-0.05, 0) is 37.0 Å². The third-order valence-electron chi connectivity index (χ3n) is 3.94. The zero-order chi connectivity index (χ0) is 15.2. The number of aliphatic hydroxyl groups excluding tert-OH is 1. The van der Waals surface area contributed by atoms with Crippen molar-refractivity contribution in [1.82, 2.24) is 10.2 Å². The maximum atomic E-state index is 12.2. The van der Waals surface area contributed by atoms with Crippen molar-refractivity contribution in [3.8, 4) is 0 Å². The quantitative estimate of drug-likeness (QED) is 0.878. The molecule has 1 heterocycles. The van der Waals surface area contributed by atoms with Crippen LogP contribution in [0.15, 0.2) is 24.3 Å². The molecule has 1 atom stereocenters. The fourth-order valence-corrected chi connectivity index (χ4v) is 2.76. The van der Waals surface area contributed by atoms with Gasteiger partial charge in [0, 0.05) is 18.1 Å². The fourth-order valence-electron chi connectivity index (χ4n) is 2.64. The Morgan fingerprint density at radius 1 is 1.38 bits per heavy atom. The third kappa shape index (κ3) is 4.99. The van der Waals surface area contributed by atoms with Crippen molar-refractivity contribution >= 4 is 17.5 Å². The van der Waals surface area contributed by atoms with Crippen molar-refractivity contribution in [2.75, 3.05) is 19.6 Å². The monoisotopic (exact) mass is 310 g/mol. The molecular formula is C16H23ClN2O2. The number of nitrogens with zero attached hydrogens (tertiary/aromatic N) is 1. The van der Waals surface area contributed by atoms with Crippen LogP contribution in [0.25, 0.3) is 0 Å². The molecule has 2 N–H and O–H groups in total. The molecule has 116 valence electrons. The molecule has 2 rings (SSSR count). The Morgan fingerprint density at radius 2 is 2.00 bits per heavy atom. The average Bonchev–Trinajstić information content (AvgIpc) is 2.48. The molecule has 4 nitrogen and oxygen atoms in total. The third-order valence-corrected chi connectivity index (χ3v) is 4.19. The number of benzene rings is 1. The number of hydrogen-bond donors (Lipinski definition) is 2. The lowest BCUT2D eigenvalue weighted by Crippen LogP contribution is -2.43. The second kappa shape index (κ2) is 7.78. The molecule has 1 aliphatic heterocycles. The van der Waals surface area contributed by atoms with E-state index in [1.54, 1.807) is 0 Å². The minimum Gasteiger partial charge on any atom is -0.393 e. The number of amides is 1. The Bertz CT molecular complexity index is 456. The normalized spacial score (nSPS) is 18.4. The predicted molar refractivity (Wildman–Crippen MR) is 84.3 cm³/mol. The first-order valence-corrected chi connectivity index (χ1v) is 7.91. The van der Waals surface area contributed by atoms with E-state index in [2.05, 4.69) is 17.1 Å². The van der Waals surface area contributed by atoms with Crippen molar-refractivity contribution in [2.24, 2.45) is 0 Å². The topological polar surface area (TPSA) is 52.6 Å². The number of hydrogen-bond acceptors (Lipinski definition) is 3. The van der Waals surface area contributed by atoms with Crippen LogP contribution < -0.4 is 5.32 Å². The van der Waals surface area contributed by atoms with Gasteiger partial charge in [0.05, 0.1) is 18.7 Å². The summed E-state index contributed by atoms with van der Waals surface area (Å²) in [7, 11) is 0. The maximum absolute atomic E-state index is 12.2. The van der Waals surface area contributed by atoms with Crippen LogP contribution in [-0.2, 0) is 4.79 Å². The highest BCUT2D eigenvalue weighted by atomic mass is 35.5. The van der Waals surface area contributed by atoms with Gasteiger partial charge >= 0.3 is 0 Å². The SMILES string of the molecule is CCC(NC(=O)CN1CCC(O)CC1)c1ccc(Cl)cc1. The Balaban J connectivity index is 1.86. The second-order valence-corrected chi connectivity index (χ2v) is 6.02. The van der Waals surface area contributed by atoms with Crippen molar-refractivity contribution in [3.05, 3.63) is 34.9 Å². The minimum atomic E-state index is -0.207.